The molecule has 1 aromatic heterocycles. The monoisotopic (exact) mass is 410 g/mol. The van der Waals surface area contributed by atoms with E-state index in [9.17, 15) is 14.4 Å². The molecule has 0 saturated carbocycles. The fraction of sp³-hybridized carbons (Fsp3) is 0.294. The lowest BCUT2D eigenvalue weighted by molar-refractivity contribution is -0.136. The van der Waals surface area contributed by atoms with Crippen molar-refractivity contribution >= 4 is 51.6 Å². The fourth-order valence-corrected chi connectivity index (χ4v) is 3.06. The van der Waals surface area contributed by atoms with Gasteiger partial charge in [0.2, 0.25) is 5.91 Å². The van der Waals surface area contributed by atoms with Gasteiger partial charge in [-0.2, -0.15) is 4.37 Å². The fourth-order valence-electron chi connectivity index (χ4n) is 2.15. The molecule has 144 valence electrons. The van der Waals surface area contributed by atoms with Crippen LogP contribution in [0.1, 0.15) is 16.1 Å². The number of hydrogen-bond acceptors (Lipinski definition) is 7. The van der Waals surface area contributed by atoms with Gasteiger partial charge in [-0.3, -0.25) is 9.59 Å². The van der Waals surface area contributed by atoms with Gasteiger partial charge in [0.25, 0.3) is 5.91 Å². The minimum absolute atomic E-state index is 0.206. The highest BCUT2D eigenvalue weighted by Crippen LogP contribution is 2.24. The summed E-state index contributed by atoms with van der Waals surface area (Å²) in [5.74, 6) is -1.57. The van der Waals surface area contributed by atoms with E-state index < -0.39 is 24.4 Å². The Kier molecular flexibility index (Phi) is 7.14. The summed E-state index contributed by atoms with van der Waals surface area (Å²) in [6.45, 7) is 0.997. The van der Waals surface area contributed by atoms with E-state index in [1.807, 2.05) is 0 Å². The average molecular weight is 411 g/mol. The average Bonchev–Trinajstić information content (AvgIpc) is 3.02. The number of hydrogen-bond donors (Lipinski definition) is 2. The molecule has 0 saturated heterocycles. The molecule has 0 aliphatic carbocycles. The lowest BCUT2D eigenvalue weighted by atomic mass is 10.2. The number of carbonyl (C=O) groups excluding carboxylic acids is 3. The van der Waals surface area contributed by atoms with Crippen molar-refractivity contribution in [2.45, 2.75) is 6.92 Å². The third-order valence-corrected chi connectivity index (χ3v) is 4.86. The zero-order valence-electron chi connectivity index (χ0n) is 15.0. The van der Waals surface area contributed by atoms with Crippen LogP contribution in [0.25, 0.3) is 0 Å². The van der Waals surface area contributed by atoms with Crippen LogP contribution in [0.2, 0.25) is 5.02 Å². The number of rotatable bonds is 7. The first-order valence-corrected chi connectivity index (χ1v) is 9.08. The van der Waals surface area contributed by atoms with Gasteiger partial charge >= 0.3 is 5.97 Å². The largest absolute Gasteiger partial charge is 0.452 e. The molecular weight excluding hydrogens is 392 g/mol. The van der Waals surface area contributed by atoms with Crippen LogP contribution in [0.3, 0.4) is 0 Å². The number of likely N-dealkylation sites (N-methyl/N-ethyl adjacent to an activating group) is 1. The number of halogens is 1. The minimum atomic E-state index is -0.645. The van der Waals surface area contributed by atoms with Crippen LogP contribution in [-0.2, 0) is 14.3 Å². The van der Waals surface area contributed by atoms with Gasteiger partial charge in [0.1, 0.15) is 10.6 Å². The van der Waals surface area contributed by atoms with Crippen LogP contribution >= 0.6 is 23.1 Å². The molecule has 10 heteroatoms. The van der Waals surface area contributed by atoms with E-state index in [1.54, 1.807) is 38.2 Å². The summed E-state index contributed by atoms with van der Waals surface area (Å²) in [5.41, 5.74) is 1.28. The molecule has 0 radical (unpaired) electrons. The Morgan fingerprint density at radius 1 is 1.30 bits per heavy atom. The van der Waals surface area contributed by atoms with Crippen LogP contribution in [-0.4, -0.2) is 54.3 Å². The van der Waals surface area contributed by atoms with Crippen molar-refractivity contribution in [2.24, 2.45) is 0 Å². The van der Waals surface area contributed by atoms with Gasteiger partial charge in [-0.15, -0.1) is 0 Å². The van der Waals surface area contributed by atoms with E-state index in [-0.39, 0.29) is 6.54 Å². The van der Waals surface area contributed by atoms with E-state index in [4.69, 9.17) is 16.3 Å². The third-order valence-electron chi connectivity index (χ3n) is 3.58. The molecule has 2 N–H and O–H groups in total. The number of amides is 2. The molecular formula is C17H19ClN4O4S. The summed E-state index contributed by atoms with van der Waals surface area (Å²) in [7, 11) is 3.11. The molecule has 2 rings (SSSR count). The van der Waals surface area contributed by atoms with E-state index in [0.29, 0.717) is 27.0 Å². The maximum atomic E-state index is 12.2. The molecule has 2 amide bonds. The minimum Gasteiger partial charge on any atom is -0.452 e. The number of para-hydroxylation sites is 1. The van der Waals surface area contributed by atoms with Gasteiger partial charge < -0.3 is 20.3 Å². The molecule has 0 spiro atoms. The number of aromatic nitrogens is 1. The van der Waals surface area contributed by atoms with Crippen LogP contribution in [0, 0.1) is 6.92 Å². The zero-order valence-corrected chi connectivity index (χ0v) is 16.6. The highest BCUT2D eigenvalue weighted by molar-refractivity contribution is 7.10. The van der Waals surface area contributed by atoms with Crippen molar-refractivity contribution in [1.29, 1.82) is 0 Å². The predicted molar refractivity (Wildman–Crippen MR) is 104 cm³/mol. The number of nitrogens with one attached hydrogen (secondary N) is 2. The molecule has 27 heavy (non-hydrogen) atoms. The maximum Gasteiger partial charge on any atom is 0.343 e. The van der Waals surface area contributed by atoms with Crippen LogP contribution in [0.15, 0.2) is 24.3 Å². The van der Waals surface area contributed by atoms with Crippen molar-refractivity contribution in [1.82, 2.24) is 9.27 Å². The Morgan fingerprint density at radius 2 is 2.00 bits per heavy atom. The van der Waals surface area contributed by atoms with Crippen molar-refractivity contribution in [2.75, 3.05) is 37.9 Å². The topological polar surface area (TPSA) is 101 Å². The van der Waals surface area contributed by atoms with E-state index in [1.165, 1.54) is 7.05 Å². The number of carbonyl (C=O) groups is 3. The quantitative estimate of drug-likeness (QED) is 0.680. The Morgan fingerprint density at radius 3 is 2.67 bits per heavy atom. The summed E-state index contributed by atoms with van der Waals surface area (Å²) in [6, 6.07) is 6.77. The zero-order chi connectivity index (χ0) is 20.0. The molecule has 0 aliphatic rings. The lowest BCUT2D eigenvalue weighted by Gasteiger charge is -2.17. The van der Waals surface area contributed by atoms with Crippen molar-refractivity contribution < 1.29 is 19.1 Å². The number of nitrogens with zero attached hydrogens (tertiary/aromatic N) is 2. The first kappa shape index (κ1) is 20.7. The Hall–Kier alpha value is -2.65. The normalized spacial score (nSPS) is 10.2. The first-order valence-electron chi connectivity index (χ1n) is 7.93. The van der Waals surface area contributed by atoms with Crippen molar-refractivity contribution in [3.8, 4) is 0 Å². The summed E-state index contributed by atoms with van der Waals surface area (Å²) in [4.78, 5) is 37.5. The van der Waals surface area contributed by atoms with Gasteiger partial charge in [-0.05, 0) is 30.6 Å². The first-order chi connectivity index (χ1) is 12.8. The Bertz CT molecular complexity index is 855. The van der Waals surface area contributed by atoms with Gasteiger partial charge in [-0.25, -0.2) is 4.79 Å². The summed E-state index contributed by atoms with van der Waals surface area (Å²) in [6.07, 6.45) is 0. The Balaban J connectivity index is 1.86. The molecule has 0 unspecified atom stereocenters. The van der Waals surface area contributed by atoms with E-state index >= 15 is 0 Å². The van der Waals surface area contributed by atoms with Crippen LogP contribution < -0.4 is 10.6 Å². The molecule has 1 heterocycles. The molecule has 0 bridgehead atoms. The van der Waals surface area contributed by atoms with E-state index in [0.717, 1.165) is 16.4 Å². The molecule has 2 aromatic rings. The summed E-state index contributed by atoms with van der Waals surface area (Å²) in [5, 5.41) is 6.44. The number of aryl methyl sites for hydroxylation is 1. The third kappa shape index (κ3) is 5.41. The molecule has 0 atom stereocenters. The second kappa shape index (κ2) is 9.33. The van der Waals surface area contributed by atoms with Crippen LogP contribution in [0.4, 0.5) is 10.7 Å². The second-order valence-corrected chi connectivity index (χ2v) is 6.76. The summed E-state index contributed by atoms with van der Waals surface area (Å²) >= 11 is 7.11. The summed E-state index contributed by atoms with van der Waals surface area (Å²) < 4.78 is 9.13. The number of ether oxygens (including phenoxy) is 1. The van der Waals surface area contributed by atoms with Gasteiger partial charge in [0.15, 0.2) is 6.61 Å². The number of esters is 1. The smallest absolute Gasteiger partial charge is 0.343 e. The van der Waals surface area contributed by atoms with Gasteiger partial charge in [-0.1, -0.05) is 23.7 Å². The van der Waals surface area contributed by atoms with Crippen molar-refractivity contribution in [3.05, 3.63) is 40.5 Å². The molecule has 8 nitrogen and oxygen atoms in total. The number of anilines is 2. The van der Waals surface area contributed by atoms with Crippen LogP contribution in [0.5, 0.6) is 0 Å². The SMILES string of the molecule is CNc1snc(C)c1C(=O)OCC(=O)N(C)CC(=O)Nc1ccccc1Cl. The Labute approximate surface area is 165 Å². The standard InChI is InChI=1S/C17H19ClN4O4S/c1-10-15(16(19-2)27-21-10)17(25)26-9-14(24)22(3)8-13(23)20-12-7-5-4-6-11(12)18/h4-7,19H,8-9H2,1-3H3,(H,20,23). The molecule has 0 aliphatic heterocycles. The van der Waals surface area contributed by atoms with Crippen molar-refractivity contribution in [3.63, 3.8) is 0 Å². The highest BCUT2D eigenvalue weighted by Gasteiger charge is 2.21. The second-order valence-electron chi connectivity index (χ2n) is 5.58. The van der Waals surface area contributed by atoms with E-state index in [2.05, 4.69) is 15.0 Å². The maximum absolute atomic E-state index is 12.2. The lowest BCUT2D eigenvalue weighted by Crippen LogP contribution is -2.37. The molecule has 0 fully saturated rings. The molecule has 1 aromatic carbocycles. The highest BCUT2D eigenvalue weighted by atomic mass is 35.5. The van der Waals surface area contributed by atoms with Gasteiger partial charge in [0.05, 0.1) is 22.9 Å². The number of benzene rings is 1. The van der Waals surface area contributed by atoms with Gasteiger partial charge in [0, 0.05) is 14.1 Å². The predicted octanol–water partition coefficient (Wildman–Crippen LogP) is 2.40.